The van der Waals surface area contributed by atoms with Crippen molar-refractivity contribution in [3.05, 3.63) is 22.9 Å². The molecule has 0 unspecified atom stereocenters. The fourth-order valence-corrected chi connectivity index (χ4v) is 3.21. The number of hydrazine groups is 1. The average molecular weight is 391 g/mol. The van der Waals surface area contributed by atoms with Gasteiger partial charge in [0.05, 0.1) is 23.7 Å². The fraction of sp³-hybridized carbons (Fsp3) is 0.579. The first-order valence-electron chi connectivity index (χ1n) is 9.71. The maximum Gasteiger partial charge on any atom is 0.271 e. The summed E-state index contributed by atoms with van der Waals surface area (Å²) in [5.74, 6) is -0.711. The molecule has 1 aliphatic rings. The van der Waals surface area contributed by atoms with Crippen molar-refractivity contribution in [1.29, 1.82) is 0 Å². The summed E-state index contributed by atoms with van der Waals surface area (Å²) >= 11 is 0. The van der Waals surface area contributed by atoms with Gasteiger partial charge < -0.3 is 5.32 Å². The van der Waals surface area contributed by atoms with Gasteiger partial charge in [-0.05, 0) is 37.8 Å². The van der Waals surface area contributed by atoms with Gasteiger partial charge in [0.15, 0.2) is 0 Å². The summed E-state index contributed by atoms with van der Waals surface area (Å²) in [6, 6.07) is 1.80. The minimum absolute atomic E-state index is 0.125. The van der Waals surface area contributed by atoms with Crippen LogP contribution < -0.4 is 16.2 Å². The number of nitrogens with zero attached hydrogens (tertiary/aromatic N) is 2. The number of unbranched alkanes of at least 4 members (excludes halogenated alkanes) is 2. The number of anilines is 1. The van der Waals surface area contributed by atoms with E-state index in [1.807, 2.05) is 6.92 Å². The number of amides is 3. The number of fused-ring (bicyclic) bond motifs is 1. The Morgan fingerprint density at radius 2 is 2.18 bits per heavy atom. The van der Waals surface area contributed by atoms with Crippen LogP contribution in [0.3, 0.4) is 0 Å². The minimum atomic E-state index is -0.617. The number of carbonyl (C=O) groups excluding carboxylic acids is 3. The lowest BCUT2D eigenvalue weighted by Gasteiger charge is -2.21. The van der Waals surface area contributed by atoms with E-state index < -0.39 is 17.7 Å². The van der Waals surface area contributed by atoms with Crippen molar-refractivity contribution in [3.63, 3.8) is 0 Å². The molecule has 2 rings (SSSR count). The van der Waals surface area contributed by atoms with Gasteiger partial charge in [0, 0.05) is 6.54 Å². The maximum absolute atomic E-state index is 12.5. The lowest BCUT2D eigenvalue weighted by molar-refractivity contribution is -0.154. The highest BCUT2D eigenvalue weighted by Crippen LogP contribution is 2.22. The molecule has 1 aliphatic heterocycles. The highest BCUT2D eigenvalue weighted by molar-refractivity contribution is 5.97. The number of aromatic nitrogens is 1. The molecule has 4 N–H and O–H groups in total. The number of hydroxylamine groups is 2. The molecule has 0 aliphatic carbocycles. The van der Waals surface area contributed by atoms with E-state index in [2.05, 4.69) is 21.2 Å². The Kier molecular flexibility index (Phi) is 8.19. The molecule has 0 saturated carbocycles. The predicted octanol–water partition coefficient (Wildman–Crippen LogP) is 1.55. The van der Waals surface area contributed by atoms with Gasteiger partial charge in [-0.15, -0.1) is 0 Å². The lowest BCUT2D eigenvalue weighted by atomic mass is 10.0. The largest absolute Gasteiger partial charge is 0.370 e. The molecule has 0 radical (unpaired) electrons. The standard InChI is InChI=1S/C19H29N5O4/c1-3-4-5-7-15(11-24(28)12-25)18(26)22-23-19(27)16-10-14-8-6-9-20-17(14)21-13(16)2/h10,12,15,28H,3-9,11H2,1-2H3,(H,20,21)(H,22,26)(H,23,27)/t15-/m1/s1. The Hall–Kier alpha value is -2.68. The molecule has 9 nitrogen and oxygen atoms in total. The van der Waals surface area contributed by atoms with Crippen LogP contribution in [0.15, 0.2) is 6.07 Å². The van der Waals surface area contributed by atoms with Gasteiger partial charge in [-0.1, -0.05) is 26.2 Å². The van der Waals surface area contributed by atoms with Crippen LogP contribution in [0.25, 0.3) is 0 Å². The summed E-state index contributed by atoms with van der Waals surface area (Å²) in [4.78, 5) is 40.0. The van der Waals surface area contributed by atoms with E-state index in [-0.39, 0.29) is 13.0 Å². The predicted molar refractivity (Wildman–Crippen MR) is 104 cm³/mol. The van der Waals surface area contributed by atoms with Gasteiger partial charge in [0.25, 0.3) is 5.91 Å². The molecular weight excluding hydrogens is 362 g/mol. The van der Waals surface area contributed by atoms with Crippen LogP contribution in [0.2, 0.25) is 0 Å². The first-order valence-corrected chi connectivity index (χ1v) is 9.71. The molecule has 2 heterocycles. The van der Waals surface area contributed by atoms with Crippen LogP contribution in [0, 0.1) is 12.8 Å². The monoisotopic (exact) mass is 391 g/mol. The number of carbonyl (C=O) groups is 3. The van der Waals surface area contributed by atoms with Crippen LogP contribution in [-0.4, -0.2) is 46.6 Å². The molecule has 9 heteroatoms. The van der Waals surface area contributed by atoms with E-state index in [1.165, 1.54) is 0 Å². The molecule has 1 aromatic rings. The van der Waals surface area contributed by atoms with Crippen LogP contribution in [0.4, 0.5) is 5.82 Å². The Balaban J connectivity index is 1.98. The maximum atomic E-state index is 12.5. The average Bonchev–Trinajstić information content (AvgIpc) is 2.70. The zero-order chi connectivity index (χ0) is 20.5. The second-order valence-corrected chi connectivity index (χ2v) is 7.02. The topological polar surface area (TPSA) is 124 Å². The molecule has 1 aromatic heterocycles. The summed E-state index contributed by atoms with van der Waals surface area (Å²) in [6.07, 6.45) is 5.30. The molecule has 0 bridgehead atoms. The van der Waals surface area contributed by atoms with Crippen molar-refractivity contribution < 1.29 is 19.6 Å². The number of aryl methyl sites for hydroxylation is 2. The fourth-order valence-electron chi connectivity index (χ4n) is 3.21. The second-order valence-electron chi connectivity index (χ2n) is 7.02. The first kappa shape index (κ1) is 21.6. The van der Waals surface area contributed by atoms with Crippen LogP contribution >= 0.6 is 0 Å². The number of hydrogen-bond donors (Lipinski definition) is 4. The summed E-state index contributed by atoms with van der Waals surface area (Å²) in [5.41, 5.74) is 6.79. The van der Waals surface area contributed by atoms with Crippen molar-refractivity contribution in [2.24, 2.45) is 5.92 Å². The van der Waals surface area contributed by atoms with Gasteiger partial charge in [-0.2, -0.15) is 0 Å². The molecule has 3 amide bonds. The third-order valence-corrected chi connectivity index (χ3v) is 4.81. The molecule has 0 saturated heterocycles. The van der Waals surface area contributed by atoms with Crippen molar-refractivity contribution in [3.8, 4) is 0 Å². The van der Waals surface area contributed by atoms with Crippen LogP contribution in [0.1, 0.15) is 60.6 Å². The quantitative estimate of drug-likeness (QED) is 0.219. The van der Waals surface area contributed by atoms with Crippen molar-refractivity contribution >= 4 is 24.0 Å². The van der Waals surface area contributed by atoms with Crippen molar-refractivity contribution in [2.75, 3.05) is 18.4 Å². The molecule has 28 heavy (non-hydrogen) atoms. The highest BCUT2D eigenvalue weighted by atomic mass is 16.5. The van der Waals surface area contributed by atoms with Crippen LogP contribution in [-0.2, 0) is 16.0 Å². The SMILES string of the molecule is CCCCC[C@H](CN(O)C=O)C(=O)NNC(=O)c1cc2c(nc1C)NCCC2. The zero-order valence-electron chi connectivity index (χ0n) is 16.5. The van der Waals surface area contributed by atoms with Gasteiger partial charge in [-0.25, -0.2) is 10.0 Å². The molecule has 0 spiro atoms. The molecule has 1 atom stereocenters. The number of pyridine rings is 1. The molecular formula is C19H29N5O4. The third-order valence-electron chi connectivity index (χ3n) is 4.81. The molecule has 0 fully saturated rings. The smallest absolute Gasteiger partial charge is 0.271 e. The first-order chi connectivity index (χ1) is 13.5. The number of nitrogens with one attached hydrogen (secondary N) is 3. The van der Waals surface area contributed by atoms with Crippen molar-refractivity contribution in [1.82, 2.24) is 20.9 Å². The molecule has 0 aromatic carbocycles. The van der Waals surface area contributed by atoms with E-state index in [1.54, 1.807) is 13.0 Å². The Labute approximate surface area is 164 Å². The van der Waals surface area contributed by atoms with Gasteiger partial charge in [0.2, 0.25) is 12.3 Å². The highest BCUT2D eigenvalue weighted by Gasteiger charge is 2.22. The van der Waals surface area contributed by atoms with Crippen LogP contribution in [0.5, 0.6) is 0 Å². The van der Waals surface area contributed by atoms with E-state index in [9.17, 15) is 19.6 Å². The summed E-state index contributed by atoms with van der Waals surface area (Å²) in [5, 5.41) is 13.1. The van der Waals surface area contributed by atoms with Gasteiger partial charge in [0.1, 0.15) is 5.82 Å². The van der Waals surface area contributed by atoms with Gasteiger partial charge >= 0.3 is 0 Å². The summed E-state index contributed by atoms with van der Waals surface area (Å²) < 4.78 is 0. The van der Waals surface area contributed by atoms with Crippen molar-refractivity contribution in [2.45, 2.75) is 52.4 Å². The van der Waals surface area contributed by atoms with Gasteiger partial charge in [-0.3, -0.25) is 30.4 Å². The summed E-state index contributed by atoms with van der Waals surface area (Å²) in [7, 11) is 0. The minimum Gasteiger partial charge on any atom is -0.370 e. The van der Waals surface area contributed by atoms with E-state index >= 15 is 0 Å². The lowest BCUT2D eigenvalue weighted by Crippen LogP contribution is -2.47. The van der Waals surface area contributed by atoms with E-state index in [0.717, 1.165) is 50.0 Å². The zero-order valence-corrected chi connectivity index (χ0v) is 16.5. The van der Waals surface area contributed by atoms with E-state index in [4.69, 9.17) is 0 Å². The number of rotatable bonds is 9. The second kappa shape index (κ2) is 10.6. The third kappa shape index (κ3) is 5.91. The normalized spacial score (nSPS) is 13.7. The number of hydrogen-bond acceptors (Lipinski definition) is 6. The Morgan fingerprint density at radius 1 is 1.39 bits per heavy atom. The Morgan fingerprint density at radius 3 is 2.89 bits per heavy atom. The molecule has 154 valence electrons. The van der Waals surface area contributed by atoms with E-state index in [0.29, 0.717) is 22.7 Å². The summed E-state index contributed by atoms with van der Waals surface area (Å²) in [6.45, 7) is 4.53. The Bertz CT molecular complexity index is 710.